The Morgan fingerprint density at radius 2 is 1.69 bits per heavy atom. The quantitative estimate of drug-likeness (QED) is 0.350. The number of amides is 2. The van der Waals surface area contributed by atoms with Crippen LogP contribution in [0.25, 0.3) is 6.08 Å². The number of halogens is 2. The van der Waals surface area contributed by atoms with Gasteiger partial charge < -0.3 is 4.74 Å². The van der Waals surface area contributed by atoms with Gasteiger partial charge in [0.2, 0.25) is 0 Å². The van der Waals surface area contributed by atoms with Gasteiger partial charge in [0.15, 0.2) is 0 Å². The van der Waals surface area contributed by atoms with Gasteiger partial charge in [-0.1, -0.05) is 71.2 Å². The van der Waals surface area contributed by atoms with E-state index >= 15 is 0 Å². The summed E-state index contributed by atoms with van der Waals surface area (Å²) in [5.74, 6) is 0.353. The summed E-state index contributed by atoms with van der Waals surface area (Å²) in [5, 5.41) is 0.488. The van der Waals surface area contributed by atoms with E-state index in [-0.39, 0.29) is 17.7 Å². The molecule has 0 spiro atoms. The molecule has 0 aliphatic carbocycles. The van der Waals surface area contributed by atoms with Gasteiger partial charge >= 0.3 is 0 Å². The van der Waals surface area contributed by atoms with Crippen LogP contribution in [0.2, 0.25) is 10.0 Å². The molecule has 2 amide bonds. The summed E-state index contributed by atoms with van der Waals surface area (Å²) in [4.78, 5) is 26.8. The summed E-state index contributed by atoms with van der Waals surface area (Å²) < 4.78 is 5.88. The lowest BCUT2D eigenvalue weighted by molar-refractivity contribution is -0.123. The molecule has 0 aromatic heterocycles. The Kier molecular flexibility index (Phi) is 6.89. The average Bonchev–Trinajstić information content (AvgIpc) is 3.03. The summed E-state index contributed by atoms with van der Waals surface area (Å²) in [5.41, 5.74) is 3.79. The Hall–Kier alpha value is -2.73. The van der Waals surface area contributed by atoms with Crippen molar-refractivity contribution in [1.29, 1.82) is 0 Å². The van der Waals surface area contributed by atoms with E-state index in [1.807, 2.05) is 55.5 Å². The number of ether oxygens (including phenoxy) is 1. The van der Waals surface area contributed by atoms with E-state index in [1.165, 1.54) is 10.5 Å². The van der Waals surface area contributed by atoms with Crippen molar-refractivity contribution in [2.24, 2.45) is 0 Å². The number of imide groups is 1. The van der Waals surface area contributed by atoms with Crippen LogP contribution < -0.4 is 4.74 Å². The van der Waals surface area contributed by atoms with Gasteiger partial charge in [0.25, 0.3) is 11.1 Å². The fourth-order valence-corrected chi connectivity index (χ4v) is 4.31. The van der Waals surface area contributed by atoms with Gasteiger partial charge in [-0.15, -0.1) is 0 Å². The van der Waals surface area contributed by atoms with E-state index in [2.05, 4.69) is 0 Å². The molecule has 1 heterocycles. The normalized spacial score (nSPS) is 15.0. The van der Waals surface area contributed by atoms with Crippen molar-refractivity contribution in [3.63, 3.8) is 0 Å². The van der Waals surface area contributed by atoms with Crippen LogP contribution in [0.1, 0.15) is 22.3 Å². The van der Waals surface area contributed by atoms with Crippen LogP contribution in [0.15, 0.2) is 71.6 Å². The first-order valence-corrected chi connectivity index (χ1v) is 11.4. The van der Waals surface area contributed by atoms with Gasteiger partial charge in [-0.3, -0.25) is 14.5 Å². The monoisotopic (exact) mass is 483 g/mol. The maximum absolute atomic E-state index is 12.8. The summed E-state index contributed by atoms with van der Waals surface area (Å²) in [6, 6.07) is 20.6. The fourth-order valence-electron chi connectivity index (χ4n) is 3.15. The van der Waals surface area contributed by atoms with Crippen LogP contribution in [-0.4, -0.2) is 16.0 Å². The Balaban J connectivity index is 1.45. The first-order valence-electron chi connectivity index (χ1n) is 9.87. The third-order valence-corrected chi connectivity index (χ3v) is 6.53. The Labute approximate surface area is 200 Å². The van der Waals surface area contributed by atoms with Crippen LogP contribution in [-0.2, 0) is 17.9 Å². The van der Waals surface area contributed by atoms with E-state index in [0.29, 0.717) is 27.3 Å². The predicted molar refractivity (Wildman–Crippen MR) is 130 cm³/mol. The number of nitrogens with zero attached hydrogens (tertiary/aromatic N) is 1. The minimum absolute atomic E-state index is 0.137. The van der Waals surface area contributed by atoms with Gasteiger partial charge in [-0.2, -0.15) is 0 Å². The highest BCUT2D eigenvalue weighted by atomic mass is 35.5. The second-order valence-electron chi connectivity index (χ2n) is 7.36. The lowest BCUT2D eigenvalue weighted by Crippen LogP contribution is -2.27. The lowest BCUT2D eigenvalue weighted by Gasteiger charge is -2.13. The molecule has 3 aromatic rings. The van der Waals surface area contributed by atoms with Gasteiger partial charge in [0, 0.05) is 0 Å². The third-order valence-electron chi connectivity index (χ3n) is 4.88. The van der Waals surface area contributed by atoms with E-state index < -0.39 is 0 Å². The summed E-state index contributed by atoms with van der Waals surface area (Å²) in [7, 11) is 0. The highest BCUT2D eigenvalue weighted by molar-refractivity contribution is 8.18. The van der Waals surface area contributed by atoms with E-state index in [1.54, 1.807) is 24.3 Å². The van der Waals surface area contributed by atoms with Gasteiger partial charge in [0.05, 0.1) is 21.5 Å². The molecule has 1 aliphatic heterocycles. The number of carbonyl (C=O) groups excluding carboxylic acids is 2. The molecule has 0 radical (unpaired) electrons. The van der Waals surface area contributed by atoms with Crippen molar-refractivity contribution in [2.45, 2.75) is 20.1 Å². The highest BCUT2D eigenvalue weighted by Gasteiger charge is 2.35. The number of hydrogen-bond donors (Lipinski definition) is 0. The minimum Gasteiger partial charge on any atom is -0.489 e. The van der Waals surface area contributed by atoms with E-state index in [4.69, 9.17) is 27.9 Å². The zero-order chi connectivity index (χ0) is 22.7. The summed E-state index contributed by atoms with van der Waals surface area (Å²) >= 11 is 12.9. The molecular weight excluding hydrogens is 465 g/mol. The van der Waals surface area contributed by atoms with E-state index in [0.717, 1.165) is 28.5 Å². The molecule has 3 aromatic carbocycles. The molecule has 0 unspecified atom stereocenters. The predicted octanol–water partition coefficient (Wildman–Crippen LogP) is 7.12. The van der Waals surface area contributed by atoms with Gasteiger partial charge in [-0.05, 0) is 65.7 Å². The maximum atomic E-state index is 12.8. The van der Waals surface area contributed by atoms with E-state index in [9.17, 15) is 9.59 Å². The van der Waals surface area contributed by atoms with Crippen LogP contribution in [0.4, 0.5) is 4.79 Å². The number of benzene rings is 3. The Morgan fingerprint density at radius 3 is 2.44 bits per heavy atom. The van der Waals surface area contributed by atoms with Crippen LogP contribution in [0.5, 0.6) is 5.75 Å². The first-order chi connectivity index (χ1) is 15.4. The van der Waals surface area contributed by atoms with Crippen molar-refractivity contribution in [1.82, 2.24) is 4.90 Å². The van der Waals surface area contributed by atoms with Crippen LogP contribution in [0, 0.1) is 6.92 Å². The average molecular weight is 484 g/mol. The lowest BCUT2D eigenvalue weighted by atomic mass is 10.1. The fraction of sp³-hybridized carbons (Fsp3) is 0.120. The van der Waals surface area contributed by atoms with Crippen molar-refractivity contribution >= 4 is 52.2 Å². The second-order valence-corrected chi connectivity index (χ2v) is 9.17. The topological polar surface area (TPSA) is 46.6 Å². The summed E-state index contributed by atoms with van der Waals surface area (Å²) in [6.45, 7) is 2.63. The first kappa shape index (κ1) is 22.5. The molecule has 0 atom stereocenters. The molecule has 0 saturated carbocycles. The molecule has 32 heavy (non-hydrogen) atoms. The molecule has 162 valence electrons. The number of hydrogen-bond acceptors (Lipinski definition) is 4. The van der Waals surface area contributed by atoms with Crippen molar-refractivity contribution in [3.8, 4) is 5.75 Å². The molecular formula is C25H19Cl2NO3S. The molecule has 0 bridgehead atoms. The maximum Gasteiger partial charge on any atom is 0.293 e. The van der Waals surface area contributed by atoms with Crippen molar-refractivity contribution in [2.75, 3.05) is 0 Å². The Morgan fingerprint density at radius 1 is 0.938 bits per heavy atom. The zero-order valence-electron chi connectivity index (χ0n) is 17.2. The second kappa shape index (κ2) is 9.82. The highest BCUT2D eigenvalue weighted by Crippen LogP contribution is 2.34. The Bertz CT molecular complexity index is 1210. The van der Waals surface area contributed by atoms with Gasteiger partial charge in [0.1, 0.15) is 12.4 Å². The molecule has 1 aliphatic rings. The zero-order valence-corrected chi connectivity index (χ0v) is 19.5. The number of carbonyl (C=O) groups is 2. The van der Waals surface area contributed by atoms with Gasteiger partial charge in [-0.25, -0.2) is 0 Å². The third kappa shape index (κ3) is 5.36. The SMILES string of the molecule is Cc1ccc(COc2cccc(/C=C3\SC(=O)N(Cc4ccc(Cl)c(Cl)c4)C3=O)c2)cc1. The van der Waals surface area contributed by atoms with Crippen LogP contribution in [0.3, 0.4) is 0 Å². The molecule has 1 fully saturated rings. The smallest absolute Gasteiger partial charge is 0.293 e. The minimum atomic E-state index is -0.336. The van der Waals surface area contributed by atoms with Crippen LogP contribution >= 0.6 is 35.0 Å². The van der Waals surface area contributed by atoms with Crippen molar-refractivity contribution in [3.05, 3.63) is 104 Å². The molecule has 7 heteroatoms. The molecule has 1 saturated heterocycles. The molecule has 4 nitrogen and oxygen atoms in total. The number of aryl methyl sites for hydroxylation is 1. The van der Waals surface area contributed by atoms with Crippen molar-refractivity contribution < 1.29 is 14.3 Å². The summed E-state index contributed by atoms with van der Waals surface area (Å²) in [6.07, 6.45) is 1.71. The molecule has 4 rings (SSSR count). The number of rotatable bonds is 6. The number of thioether (sulfide) groups is 1. The largest absolute Gasteiger partial charge is 0.489 e. The standard InChI is InChI=1S/C25H19Cl2NO3S/c1-16-5-7-17(8-6-16)15-31-20-4-2-3-18(11-20)13-23-24(29)28(25(30)32-23)14-19-9-10-21(26)22(27)12-19/h2-13H,14-15H2,1H3/b23-13-. The molecule has 0 N–H and O–H groups in total.